The molecule has 0 aliphatic heterocycles. The number of rotatable bonds is 8. The first-order valence-electron chi connectivity index (χ1n) is 9.63. The molecule has 0 aliphatic rings. The number of carbonyl (C=O) groups is 1. The Kier molecular flexibility index (Phi) is 6.42. The van der Waals surface area contributed by atoms with Crippen LogP contribution in [-0.2, 0) is 17.8 Å². The summed E-state index contributed by atoms with van der Waals surface area (Å²) in [5.74, 6) is 0.210. The van der Waals surface area contributed by atoms with Crippen molar-refractivity contribution in [1.29, 1.82) is 0 Å². The lowest BCUT2D eigenvalue weighted by molar-refractivity contribution is -0.137. The first-order valence-corrected chi connectivity index (χ1v) is 9.63. The molecule has 0 bridgehead atoms. The molecule has 3 rings (SSSR count). The van der Waals surface area contributed by atoms with Crippen LogP contribution >= 0.6 is 0 Å². The topological polar surface area (TPSA) is 100 Å². The monoisotopic (exact) mass is 411 g/mol. The van der Waals surface area contributed by atoms with Crippen LogP contribution in [0.1, 0.15) is 24.2 Å². The van der Waals surface area contributed by atoms with Gasteiger partial charge in [-0.25, -0.2) is 0 Å². The van der Waals surface area contributed by atoms with Crippen molar-refractivity contribution in [2.24, 2.45) is 0 Å². The first-order chi connectivity index (χ1) is 14.3. The number of aryl methyl sites for hydroxylation is 1. The molecule has 0 saturated heterocycles. The number of nitrogens with zero attached hydrogens (tertiary/aromatic N) is 1. The van der Waals surface area contributed by atoms with E-state index in [0.717, 1.165) is 0 Å². The number of carboxylic acids is 1. The van der Waals surface area contributed by atoms with Gasteiger partial charge in [0, 0.05) is 19.4 Å². The fraction of sp³-hybridized carbons (Fsp3) is 0.304. The molecule has 1 heterocycles. The van der Waals surface area contributed by atoms with Gasteiger partial charge in [0.05, 0.1) is 23.6 Å². The minimum Gasteiger partial charge on any atom is -0.507 e. The Labute approximate surface area is 174 Å². The molecule has 0 unspecified atom stereocenters. The highest BCUT2D eigenvalue weighted by atomic mass is 16.5. The van der Waals surface area contributed by atoms with E-state index >= 15 is 0 Å². The van der Waals surface area contributed by atoms with Crippen molar-refractivity contribution in [3.8, 4) is 22.6 Å². The summed E-state index contributed by atoms with van der Waals surface area (Å²) in [6.45, 7) is 0.391. The summed E-state index contributed by atoms with van der Waals surface area (Å²) in [4.78, 5) is 26.3. The van der Waals surface area contributed by atoms with Crippen LogP contribution in [0, 0.1) is 0 Å². The van der Waals surface area contributed by atoms with Crippen molar-refractivity contribution in [3.05, 3.63) is 57.9 Å². The Morgan fingerprint density at radius 2 is 1.83 bits per heavy atom. The number of hydrogen-bond acceptors (Lipinski definition) is 6. The van der Waals surface area contributed by atoms with E-state index < -0.39 is 5.97 Å². The number of carboxylic acid groups (broad SMARTS) is 1. The zero-order chi connectivity index (χ0) is 21.8. The van der Waals surface area contributed by atoms with Crippen molar-refractivity contribution in [2.75, 3.05) is 21.2 Å². The summed E-state index contributed by atoms with van der Waals surface area (Å²) in [5.41, 5.74) is 1.70. The van der Waals surface area contributed by atoms with E-state index in [4.69, 9.17) is 14.3 Å². The summed E-state index contributed by atoms with van der Waals surface area (Å²) in [6, 6.07) is 10.1. The number of phenolic OH excluding ortho intramolecular Hbond substituents is 1. The fourth-order valence-corrected chi connectivity index (χ4v) is 3.44. The van der Waals surface area contributed by atoms with Gasteiger partial charge in [0.1, 0.15) is 22.8 Å². The zero-order valence-corrected chi connectivity index (χ0v) is 17.3. The van der Waals surface area contributed by atoms with Gasteiger partial charge in [-0.05, 0) is 50.3 Å². The molecule has 0 amide bonds. The van der Waals surface area contributed by atoms with Gasteiger partial charge in [0.25, 0.3) is 0 Å². The van der Waals surface area contributed by atoms with Gasteiger partial charge in [-0.3, -0.25) is 9.59 Å². The van der Waals surface area contributed by atoms with Crippen molar-refractivity contribution in [2.45, 2.75) is 25.8 Å². The van der Waals surface area contributed by atoms with Gasteiger partial charge in [0.15, 0.2) is 0 Å². The predicted molar refractivity (Wildman–Crippen MR) is 114 cm³/mol. The third-order valence-electron chi connectivity index (χ3n) is 4.86. The van der Waals surface area contributed by atoms with E-state index in [2.05, 4.69) is 0 Å². The van der Waals surface area contributed by atoms with Crippen LogP contribution < -0.4 is 10.2 Å². The van der Waals surface area contributed by atoms with Gasteiger partial charge in [-0.1, -0.05) is 12.1 Å². The quantitative estimate of drug-likeness (QED) is 0.584. The molecule has 0 atom stereocenters. The standard InChI is InChI=1S/C23H25NO6/c1-24(2)13-17-18(25)12-11-16-22(28)21(14-7-9-15(29-3)10-8-14)19(30-23(16)17)5-4-6-20(26)27/h7-12,25H,4-6,13H2,1-3H3,(H,26,27). The van der Waals surface area contributed by atoms with Crippen LogP contribution in [0.2, 0.25) is 0 Å². The fourth-order valence-electron chi connectivity index (χ4n) is 3.44. The van der Waals surface area contributed by atoms with E-state index in [9.17, 15) is 14.7 Å². The number of ether oxygens (including phenoxy) is 1. The number of aromatic hydroxyl groups is 1. The third kappa shape index (κ3) is 4.46. The number of phenols is 1. The van der Waals surface area contributed by atoms with Crippen molar-refractivity contribution in [1.82, 2.24) is 4.90 Å². The van der Waals surface area contributed by atoms with E-state index in [1.165, 1.54) is 6.07 Å². The molecule has 7 nitrogen and oxygen atoms in total. The number of hydrogen-bond donors (Lipinski definition) is 2. The lowest BCUT2D eigenvalue weighted by Gasteiger charge is -2.16. The van der Waals surface area contributed by atoms with Gasteiger partial charge in [-0.15, -0.1) is 0 Å². The molecule has 2 N–H and O–H groups in total. The predicted octanol–water partition coefficient (Wildman–Crippen LogP) is 3.64. The molecule has 0 aliphatic carbocycles. The Hall–Kier alpha value is -3.32. The summed E-state index contributed by atoms with van der Waals surface area (Å²) < 4.78 is 11.4. The lowest BCUT2D eigenvalue weighted by atomic mass is 9.98. The van der Waals surface area contributed by atoms with Crippen LogP contribution in [0.15, 0.2) is 45.6 Å². The van der Waals surface area contributed by atoms with Crippen molar-refractivity contribution < 1.29 is 24.2 Å². The first kappa shape index (κ1) is 21.4. The molecular formula is C23H25NO6. The summed E-state index contributed by atoms with van der Waals surface area (Å²) >= 11 is 0. The van der Waals surface area contributed by atoms with Crippen LogP contribution in [-0.4, -0.2) is 42.3 Å². The minimum absolute atomic E-state index is 0.0333. The SMILES string of the molecule is COc1ccc(-c2c(CCCC(=O)O)oc3c(CN(C)C)c(O)ccc3c2=O)cc1. The number of fused-ring (bicyclic) bond motifs is 1. The Bertz CT molecular complexity index is 1120. The molecular weight excluding hydrogens is 386 g/mol. The van der Waals surface area contributed by atoms with E-state index in [-0.39, 0.29) is 24.0 Å². The third-order valence-corrected chi connectivity index (χ3v) is 4.86. The average Bonchev–Trinajstić information content (AvgIpc) is 2.70. The maximum absolute atomic E-state index is 13.4. The second-order valence-corrected chi connectivity index (χ2v) is 7.38. The van der Waals surface area contributed by atoms with Gasteiger partial charge in [0.2, 0.25) is 5.43 Å². The molecule has 3 aromatic rings. The summed E-state index contributed by atoms with van der Waals surface area (Å²) in [5, 5.41) is 19.7. The Morgan fingerprint density at radius 1 is 1.13 bits per heavy atom. The van der Waals surface area contributed by atoms with Crippen molar-refractivity contribution >= 4 is 16.9 Å². The highest BCUT2D eigenvalue weighted by Gasteiger charge is 2.20. The maximum atomic E-state index is 13.4. The molecule has 158 valence electrons. The van der Waals surface area contributed by atoms with Crippen LogP contribution in [0.4, 0.5) is 0 Å². The van der Waals surface area contributed by atoms with Crippen molar-refractivity contribution in [3.63, 3.8) is 0 Å². The molecule has 1 aromatic heterocycles. The normalized spacial score (nSPS) is 11.2. The highest BCUT2D eigenvalue weighted by Crippen LogP contribution is 2.32. The highest BCUT2D eigenvalue weighted by molar-refractivity contribution is 5.86. The molecule has 0 spiro atoms. The minimum atomic E-state index is -0.907. The molecule has 0 fully saturated rings. The van der Waals surface area contributed by atoms with Crippen LogP contribution in [0.25, 0.3) is 22.1 Å². The lowest BCUT2D eigenvalue weighted by Crippen LogP contribution is -2.14. The van der Waals surface area contributed by atoms with Gasteiger partial charge >= 0.3 is 5.97 Å². The molecule has 0 radical (unpaired) electrons. The second-order valence-electron chi connectivity index (χ2n) is 7.38. The smallest absolute Gasteiger partial charge is 0.303 e. The number of benzene rings is 2. The average molecular weight is 411 g/mol. The Morgan fingerprint density at radius 3 is 2.43 bits per heavy atom. The van der Waals surface area contributed by atoms with Gasteiger partial charge < -0.3 is 24.3 Å². The number of methoxy groups -OCH3 is 1. The van der Waals surface area contributed by atoms with Crippen LogP contribution in [0.5, 0.6) is 11.5 Å². The van der Waals surface area contributed by atoms with E-state index in [1.807, 2.05) is 19.0 Å². The molecule has 7 heteroatoms. The Balaban J connectivity index is 2.24. The second kappa shape index (κ2) is 9.00. The van der Waals surface area contributed by atoms with E-state index in [1.54, 1.807) is 37.4 Å². The summed E-state index contributed by atoms with van der Waals surface area (Å²) in [6.07, 6.45) is 0.582. The number of aliphatic carboxylic acids is 1. The largest absolute Gasteiger partial charge is 0.507 e. The molecule has 0 saturated carbocycles. The maximum Gasteiger partial charge on any atom is 0.303 e. The van der Waals surface area contributed by atoms with Crippen LogP contribution in [0.3, 0.4) is 0 Å². The zero-order valence-electron chi connectivity index (χ0n) is 17.3. The summed E-state index contributed by atoms with van der Waals surface area (Å²) in [7, 11) is 5.28. The van der Waals surface area contributed by atoms with E-state index in [0.29, 0.717) is 52.1 Å². The molecule has 2 aromatic carbocycles. The molecule has 30 heavy (non-hydrogen) atoms. The van der Waals surface area contributed by atoms with Gasteiger partial charge in [-0.2, -0.15) is 0 Å².